The lowest BCUT2D eigenvalue weighted by molar-refractivity contribution is -0.0327. The molecule has 0 spiro atoms. The Labute approximate surface area is 108 Å². The molecule has 0 saturated heterocycles. The molecule has 0 radical (unpaired) electrons. The Balaban J connectivity index is 2.23. The van der Waals surface area contributed by atoms with Crippen molar-refractivity contribution >= 4 is 23.1 Å². The molecule has 0 fully saturated rings. The third-order valence-corrected chi connectivity index (χ3v) is 4.27. The zero-order chi connectivity index (χ0) is 12.9. The molecule has 0 aliphatic carbocycles. The lowest BCUT2D eigenvalue weighted by Crippen LogP contribution is -2.33. The summed E-state index contributed by atoms with van der Waals surface area (Å²) in [7, 11) is 0. The highest BCUT2D eigenvalue weighted by Gasteiger charge is 2.27. The quantitative estimate of drug-likeness (QED) is 0.795. The zero-order valence-electron chi connectivity index (χ0n) is 9.80. The lowest BCUT2D eigenvalue weighted by atomic mass is 9.91. The van der Waals surface area contributed by atoms with Crippen molar-refractivity contribution in [2.45, 2.75) is 24.8 Å². The Morgan fingerprint density at radius 1 is 1.35 bits per heavy atom. The van der Waals surface area contributed by atoms with Crippen LogP contribution in [-0.4, -0.2) is 24.4 Å². The van der Waals surface area contributed by atoms with Gasteiger partial charge in [-0.15, -0.1) is 11.3 Å². The Morgan fingerprint density at radius 3 is 2.59 bits per heavy atom. The molecule has 6 heteroatoms. The SMILES string of the molecule is CC(C)(CNCCSC(F)(F)F)c1cccs1. The van der Waals surface area contributed by atoms with Crippen LogP contribution in [0.1, 0.15) is 18.7 Å². The molecule has 1 nitrogen and oxygen atoms in total. The van der Waals surface area contributed by atoms with E-state index in [4.69, 9.17) is 0 Å². The van der Waals surface area contributed by atoms with Crippen LogP contribution in [0.4, 0.5) is 13.2 Å². The van der Waals surface area contributed by atoms with Crippen molar-refractivity contribution < 1.29 is 13.2 Å². The highest BCUT2D eigenvalue weighted by Crippen LogP contribution is 2.29. The fourth-order valence-corrected chi connectivity index (χ4v) is 2.72. The van der Waals surface area contributed by atoms with E-state index in [1.54, 1.807) is 11.3 Å². The van der Waals surface area contributed by atoms with E-state index in [2.05, 4.69) is 25.2 Å². The Bertz CT molecular complexity index is 320. The summed E-state index contributed by atoms with van der Waals surface area (Å²) in [5, 5.41) is 5.08. The van der Waals surface area contributed by atoms with Gasteiger partial charge in [-0.2, -0.15) is 13.2 Å². The minimum atomic E-state index is -4.12. The van der Waals surface area contributed by atoms with E-state index in [1.165, 1.54) is 4.88 Å². The first-order valence-corrected chi connectivity index (χ1v) is 7.13. The van der Waals surface area contributed by atoms with Gasteiger partial charge in [0.25, 0.3) is 0 Å². The smallest absolute Gasteiger partial charge is 0.315 e. The number of rotatable bonds is 6. The summed E-state index contributed by atoms with van der Waals surface area (Å²) in [6.45, 7) is 5.23. The van der Waals surface area contributed by atoms with E-state index < -0.39 is 5.51 Å². The molecule has 0 aliphatic rings. The van der Waals surface area contributed by atoms with Gasteiger partial charge in [-0.05, 0) is 23.2 Å². The van der Waals surface area contributed by atoms with Gasteiger partial charge in [0.1, 0.15) is 0 Å². The summed E-state index contributed by atoms with van der Waals surface area (Å²) >= 11 is 1.69. The van der Waals surface area contributed by atoms with Crippen molar-refractivity contribution in [1.29, 1.82) is 0 Å². The van der Waals surface area contributed by atoms with Crippen molar-refractivity contribution in [3.05, 3.63) is 22.4 Å². The normalized spacial score (nSPS) is 13.0. The Kier molecular flexibility index (Phi) is 5.34. The van der Waals surface area contributed by atoms with E-state index >= 15 is 0 Å². The highest BCUT2D eigenvalue weighted by molar-refractivity contribution is 8.00. The molecule has 17 heavy (non-hydrogen) atoms. The molecule has 0 aliphatic heterocycles. The maximum Gasteiger partial charge on any atom is 0.441 e. The molecule has 0 bridgehead atoms. The molecule has 1 N–H and O–H groups in total. The van der Waals surface area contributed by atoms with Crippen LogP contribution in [0.25, 0.3) is 0 Å². The summed E-state index contributed by atoms with van der Waals surface area (Å²) in [5.41, 5.74) is -4.15. The molecule has 0 saturated carbocycles. The van der Waals surface area contributed by atoms with Crippen molar-refractivity contribution in [1.82, 2.24) is 5.32 Å². The van der Waals surface area contributed by atoms with Crippen molar-refractivity contribution in [2.75, 3.05) is 18.8 Å². The second-order valence-electron chi connectivity index (χ2n) is 4.33. The van der Waals surface area contributed by atoms with Crippen LogP contribution >= 0.6 is 23.1 Å². The van der Waals surface area contributed by atoms with Crippen LogP contribution in [0.15, 0.2) is 17.5 Å². The topological polar surface area (TPSA) is 12.0 Å². The number of nitrogens with one attached hydrogen (secondary N) is 1. The largest absolute Gasteiger partial charge is 0.441 e. The predicted molar refractivity (Wildman–Crippen MR) is 68.7 cm³/mol. The molecule has 1 aromatic rings. The monoisotopic (exact) mass is 283 g/mol. The van der Waals surface area contributed by atoms with Crippen molar-refractivity contribution in [3.8, 4) is 0 Å². The maximum atomic E-state index is 11.9. The number of halogens is 3. The summed E-state index contributed by atoms with van der Waals surface area (Å²) in [4.78, 5) is 1.24. The number of hydrogen-bond donors (Lipinski definition) is 1. The summed E-state index contributed by atoms with van der Waals surface area (Å²) in [6, 6.07) is 4.04. The standard InChI is InChI=1S/C11H16F3NS2/c1-10(2,9-4-3-6-16-9)8-15-5-7-17-11(12,13)14/h3-4,6,15H,5,7-8H2,1-2H3. The molecular weight excluding hydrogens is 267 g/mol. The van der Waals surface area contributed by atoms with E-state index in [9.17, 15) is 13.2 Å². The number of hydrogen-bond acceptors (Lipinski definition) is 3. The van der Waals surface area contributed by atoms with Gasteiger partial charge in [0.15, 0.2) is 0 Å². The predicted octanol–water partition coefficient (Wildman–Crippen LogP) is 3.87. The van der Waals surface area contributed by atoms with Crippen LogP contribution in [0, 0.1) is 0 Å². The van der Waals surface area contributed by atoms with Gasteiger partial charge >= 0.3 is 5.51 Å². The highest BCUT2D eigenvalue weighted by atomic mass is 32.2. The molecule has 1 aromatic heterocycles. The van der Waals surface area contributed by atoms with E-state index in [0.717, 1.165) is 0 Å². The lowest BCUT2D eigenvalue weighted by Gasteiger charge is -2.23. The molecule has 98 valence electrons. The van der Waals surface area contributed by atoms with Crippen LogP contribution < -0.4 is 5.32 Å². The third-order valence-electron chi connectivity index (χ3n) is 2.30. The van der Waals surface area contributed by atoms with Gasteiger partial charge in [-0.3, -0.25) is 0 Å². The molecule has 0 atom stereocenters. The van der Waals surface area contributed by atoms with Crippen molar-refractivity contribution in [3.63, 3.8) is 0 Å². The van der Waals surface area contributed by atoms with Crippen LogP contribution in [-0.2, 0) is 5.41 Å². The Hall–Kier alpha value is -0.200. The van der Waals surface area contributed by atoms with Crippen LogP contribution in [0.3, 0.4) is 0 Å². The summed E-state index contributed by atoms with van der Waals surface area (Å²) in [5.74, 6) is 0.0595. The molecule has 0 amide bonds. The van der Waals surface area contributed by atoms with E-state index in [0.29, 0.717) is 13.1 Å². The van der Waals surface area contributed by atoms with Gasteiger partial charge in [0.2, 0.25) is 0 Å². The minimum absolute atomic E-state index is 0.0217. The number of thioether (sulfide) groups is 1. The van der Waals surface area contributed by atoms with Crippen molar-refractivity contribution in [2.24, 2.45) is 0 Å². The first-order chi connectivity index (χ1) is 7.81. The molecular formula is C11H16F3NS2. The maximum absolute atomic E-state index is 11.9. The number of thiophene rings is 1. The first kappa shape index (κ1) is 14.9. The number of alkyl halides is 3. The van der Waals surface area contributed by atoms with Gasteiger partial charge in [0, 0.05) is 29.1 Å². The minimum Gasteiger partial charge on any atom is -0.315 e. The van der Waals surface area contributed by atoms with E-state index in [-0.39, 0.29) is 22.9 Å². The average Bonchev–Trinajstić information content (AvgIpc) is 2.68. The molecule has 0 aromatic carbocycles. The van der Waals surface area contributed by atoms with Gasteiger partial charge in [0.05, 0.1) is 0 Å². The third kappa shape index (κ3) is 5.79. The van der Waals surface area contributed by atoms with Crippen LogP contribution in [0.2, 0.25) is 0 Å². The molecule has 0 unspecified atom stereocenters. The van der Waals surface area contributed by atoms with E-state index in [1.807, 2.05) is 11.4 Å². The Morgan fingerprint density at radius 2 is 2.06 bits per heavy atom. The second-order valence-corrected chi connectivity index (χ2v) is 6.44. The van der Waals surface area contributed by atoms with Crippen LogP contribution in [0.5, 0.6) is 0 Å². The zero-order valence-corrected chi connectivity index (χ0v) is 11.4. The fourth-order valence-electron chi connectivity index (χ4n) is 1.39. The first-order valence-electron chi connectivity index (χ1n) is 5.27. The van der Waals surface area contributed by atoms with Gasteiger partial charge in [-0.1, -0.05) is 19.9 Å². The summed E-state index contributed by atoms with van der Waals surface area (Å²) < 4.78 is 35.6. The average molecular weight is 283 g/mol. The second kappa shape index (κ2) is 6.11. The summed E-state index contributed by atoms with van der Waals surface area (Å²) in [6.07, 6.45) is 0. The van der Waals surface area contributed by atoms with Gasteiger partial charge in [-0.25, -0.2) is 0 Å². The van der Waals surface area contributed by atoms with Gasteiger partial charge < -0.3 is 5.32 Å². The fraction of sp³-hybridized carbons (Fsp3) is 0.636. The molecule has 1 rings (SSSR count). The molecule has 1 heterocycles.